The van der Waals surface area contributed by atoms with E-state index in [0.29, 0.717) is 18.2 Å². The predicted molar refractivity (Wildman–Crippen MR) is 98.2 cm³/mol. The zero-order chi connectivity index (χ0) is 17.9. The standard InChI is InChI=1S/C19H18N4O3/c1-19(2)25-9-14(26-19)18-22-12-5-4-11-16(17(12)23-18)15-10(8-24-3)6-20-7-13(15)21-11/h4-7,9,21H,8H2,1-3H3,(H,22,23). The molecule has 4 aromatic rings. The number of imidazole rings is 1. The molecule has 132 valence electrons. The third-order valence-corrected chi connectivity index (χ3v) is 4.54. The van der Waals surface area contributed by atoms with Crippen LogP contribution in [0.4, 0.5) is 0 Å². The Morgan fingerprint density at radius 3 is 2.69 bits per heavy atom. The summed E-state index contributed by atoms with van der Waals surface area (Å²) >= 11 is 0. The second-order valence-electron chi connectivity index (χ2n) is 6.85. The van der Waals surface area contributed by atoms with Gasteiger partial charge in [-0.25, -0.2) is 4.98 Å². The fraction of sp³-hybridized carbons (Fsp3) is 0.263. The van der Waals surface area contributed by atoms with Crippen LogP contribution in [0.25, 0.3) is 38.6 Å². The molecule has 2 N–H and O–H groups in total. The second kappa shape index (κ2) is 5.22. The largest absolute Gasteiger partial charge is 0.457 e. The molecule has 0 unspecified atom stereocenters. The maximum atomic E-state index is 5.82. The smallest absolute Gasteiger partial charge is 0.245 e. The number of aromatic amines is 2. The lowest BCUT2D eigenvalue weighted by Gasteiger charge is -2.17. The van der Waals surface area contributed by atoms with Crippen LogP contribution in [0.15, 0.2) is 30.8 Å². The maximum Gasteiger partial charge on any atom is 0.245 e. The van der Waals surface area contributed by atoms with Gasteiger partial charge in [-0.15, -0.1) is 0 Å². The second-order valence-corrected chi connectivity index (χ2v) is 6.85. The number of nitrogens with zero attached hydrogens (tertiary/aromatic N) is 2. The van der Waals surface area contributed by atoms with E-state index in [-0.39, 0.29) is 0 Å². The monoisotopic (exact) mass is 350 g/mol. The lowest BCUT2D eigenvalue weighted by molar-refractivity contribution is -0.102. The summed E-state index contributed by atoms with van der Waals surface area (Å²) in [5.74, 6) is 0.564. The van der Waals surface area contributed by atoms with E-state index >= 15 is 0 Å². The van der Waals surface area contributed by atoms with E-state index in [1.807, 2.05) is 38.4 Å². The van der Waals surface area contributed by atoms with E-state index in [1.54, 1.807) is 13.4 Å². The van der Waals surface area contributed by atoms with E-state index < -0.39 is 5.79 Å². The summed E-state index contributed by atoms with van der Waals surface area (Å²) in [4.78, 5) is 15.9. The molecule has 1 aliphatic heterocycles. The molecule has 7 heteroatoms. The van der Waals surface area contributed by atoms with Crippen molar-refractivity contribution in [3.8, 4) is 0 Å². The van der Waals surface area contributed by atoms with Gasteiger partial charge in [0.2, 0.25) is 11.5 Å². The lowest BCUT2D eigenvalue weighted by atomic mass is 10.1. The Kier molecular flexibility index (Phi) is 3.05. The van der Waals surface area contributed by atoms with Gasteiger partial charge in [-0.1, -0.05) is 0 Å². The van der Waals surface area contributed by atoms with Crippen molar-refractivity contribution < 1.29 is 14.2 Å². The third-order valence-electron chi connectivity index (χ3n) is 4.54. The van der Waals surface area contributed by atoms with Gasteiger partial charge in [-0.05, 0) is 12.1 Å². The summed E-state index contributed by atoms with van der Waals surface area (Å²) in [6.45, 7) is 4.21. The number of nitrogens with one attached hydrogen (secondary N) is 2. The van der Waals surface area contributed by atoms with Gasteiger partial charge < -0.3 is 24.2 Å². The molecule has 1 aliphatic rings. The van der Waals surface area contributed by atoms with Crippen molar-refractivity contribution in [2.75, 3.05) is 7.11 Å². The van der Waals surface area contributed by atoms with Crippen molar-refractivity contribution in [1.29, 1.82) is 0 Å². The summed E-state index contributed by atoms with van der Waals surface area (Å²) in [7, 11) is 1.68. The number of fused-ring (bicyclic) bond motifs is 5. The number of aromatic nitrogens is 4. The highest BCUT2D eigenvalue weighted by Gasteiger charge is 2.30. The number of methoxy groups -OCH3 is 1. The summed E-state index contributed by atoms with van der Waals surface area (Å²) in [6.07, 6.45) is 5.27. The van der Waals surface area contributed by atoms with Gasteiger partial charge in [-0.2, -0.15) is 0 Å². The normalized spacial score (nSPS) is 16.2. The summed E-state index contributed by atoms with van der Waals surface area (Å²) in [5.41, 5.74) is 4.81. The minimum atomic E-state index is -0.679. The third kappa shape index (κ3) is 2.17. The van der Waals surface area contributed by atoms with Crippen molar-refractivity contribution in [2.24, 2.45) is 0 Å². The molecule has 1 aromatic carbocycles. The lowest BCUT2D eigenvalue weighted by Crippen LogP contribution is -2.20. The van der Waals surface area contributed by atoms with E-state index in [4.69, 9.17) is 19.2 Å². The van der Waals surface area contributed by atoms with Crippen molar-refractivity contribution in [3.63, 3.8) is 0 Å². The number of benzene rings is 1. The average molecular weight is 350 g/mol. The summed E-state index contributed by atoms with van der Waals surface area (Å²) in [6, 6.07) is 4.05. The number of hydrogen-bond acceptors (Lipinski definition) is 5. The SMILES string of the molecule is COCc1cncc2[nH]c3ccc4[nH]c(C5=COC(C)(C)O5)nc4c3c12. The number of ether oxygens (including phenoxy) is 3. The van der Waals surface area contributed by atoms with Crippen molar-refractivity contribution in [2.45, 2.75) is 26.2 Å². The molecule has 0 amide bonds. The molecule has 3 aromatic heterocycles. The molecular weight excluding hydrogens is 332 g/mol. The first kappa shape index (κ1) is 15.2. The van der Waals surface area contributed by atoms with Gasteiger partial charge in [0.05, 0.1) is 29.4 Å². The molecule has 0 fully saturated rings. The topological polar surface area (TPSA) is 85.0 Å². The fourth-order valence-corrected chi connectivity index (χ4v) is 3.47. The van der Waals surface area contributed by atoms with Crippen LogP contribution in [-0.4, -0.2) is 32.8 Å². The van der Waals surface area contributed by atoms with Crippen molar-refractivity contribution in [3.05, 3.63) is 42.2 Å². The van der Waals surface area contributed by atoms with Crippen LogP contribution in [0.1, 0.15) is 25.2 Å². The van der Waals surface area contributed by atoms with Crippen molar-refractivity contribution in [1.82, 2.24) is 19.9 Å². The molecule has 0 saturated heterocycles. The number of H-pyrrole nitrogens is 2. The molecule has 0 spiro atoms. The molecular formula is C19H18N4O3. The first-order chi connectivity index (χ1) is 12.6. The van der Waals surface area contributed by atoms with Crippen LogP contribution in [0, 0.1) is 0 Å². The highest BCUT2D eigenvalue weighted by molar-refractivity contribution is 6.19. The highest BCUT2D eigenvalue weighted by atomic mass is 16.7. The minimum Gasteiger partial charge on any atom is -0.457 e. The van der Waals surface area contributed by atoms with Gasteiger partial charge in [0, 0.05) is 49.0 Å². The fourth-order valence-electron chi connectivity index (χ4n) is 3.47. The van der Waals surface area contributed by atoms with Gasteiger partial charge in [-0.3, -0.25) is 4.98 Å². The highest BCUT2D eigenvalue weighted by Crippen LogP contribution is 2.35. The molecule has 5 rings (SSSR count). The number of pyridine rings is 1. The van der Waals surface area contributed by atoms with Gasteiger partial charge in [0.25, 0.3) is 0 Å². The predicted octanol–water partition coefficient (Wildman–Crippen LogP) is 3.82. The molecule has 26 heavy (non-hydrogen) atoms. The molecule has 0 aliphatic carbocycles. The molecule has 0 bridgehead atoms. The number of hydrogen-bond donors (Lipinski definition) is 2. The number of rotatable bonds is 3. The van der Waals surface area contributed by atoms with Gasteiger partial charge in [0.1, 0.15) is 6.26 Å². The average Bonchev–Trinajstić information content (AvgIpc) is 3.28. The summed E-state index contributed by atoms with van der Waals surface area (Å²) in [5, 5.41) is 2.13. The first-order valence-electron chi connectivity index (χ1n) is 8.39. The molecule has 0 atom stereocenters. The van der Waals surface area contributed by atoms with Crippen LogP contribution >= 0.6 is 0 Å². The Hall–Kier alpha value is -3.06. The Morgan fingerprint density at radius 2 is 1.92 bits per heavy atom. The van der Waals surface area contributed by atoms with E-state index in [0.717, 1.165) is 38.4 Å². The molecule has 0 radical (unpaired) electrons. The van der Waals surface area contributed by atoms with E-state index in [2.05, 4.69) is 15.0 Å². The molecule has 4 heterocycles. The maximum absolute atomic E-state index is 5.82. The van der Waals surface area contributed by atoms with Crippen LogP contribution in [-0.2, 0) is 20.8 Å². The van der Waals surface area contributed by atoms with Crippen LogP contribution in [0.3, 0.4) is 0 Å². The molecule has 0 saturated carbocycles. The van der Waals surface area contributed by atoms with Crippen LogP contribution in [0.2, 0.25) is 0 Å². The summed E-state index contributed by atoms with van der Waals surface area (Å²) < 4.78 is 16.7. The van der Waals surface area contributed by atoms with Crippen LogP contribution < -0.4 is 0 Å². The quantitative estimate of drug-likeness (QED) is 0.587. The molecule has 7 nitrogen and oxygen atoms in total. The minimum absolute atomic E-state index is 0.487. The van der Waals surface area contributed by atoms with Gasteiger partial charge in [0.15, 0.2) is 5.82 Å². The van der Waals surface area contributed by atoms with Crippen molar-refractivity contribution >= 4 is 38.6 Å². The Labute approximate surface area is 149 Å². The Balaban J connectivity index is 1.78. The zero-order valence-electron chi connectivity index (χ0n) is 14.7. The Bertz CT molecular complexity index is 1190. The van der Waals surface area contributed by atoms with E-state index in [9.17, 15) is 0 Å². The Morgan fingerprint density at radius 1 is 1.08 bits per heavy atom. The van der Waals surface area contributed by atoms with E-state index in [1.165, 1.54) is 0 Å². The van der Waals surface area contributed by atoms with Crippen LogP contribution in [0.5, 0.6) is 0 Å². The zero-order valence-corrected chi connectivity index (χ0v) is 14.7. The first-order valence-corrected chi connectivity index (χ1v) is 8.39. The van der Waals surface area contributed by atoms with Gasteiger partial charge >= 0.3 is 0 Å².